The Bertz CT molecular complexity index is 1020. The van der Waals surface area contributed by atoms with Gasteiger partial charge in [-0.15, -0.1) is 0 Å². The van der Waals surface area contributed by atoms with Gasteiger partial charge in [-0.25, -0.2) is 0 Å². The van der Waals surface area contributed by atoms with Gasteiger partial charge >= 0.3 is 11.9 Å². The summed E-state index contributed by atoms with van der Waals surface area (Å²) in [5.41, 5.74) is 2.72. The average Bonchev–Trinajstić information content (AvgIpc) is 3.52. The summed E-state index contributed by atoms with van der Waals surface area (Å²) < 4.78 is 0. The molecule has 0 radical (unpaired) electrons. The zero-order chi connectivity index (χ0) is 23.6. The first-order valence-electron chi connectivity index (χ1n) is 11.7. The van der Waals surface area contributed by atoms with Crippen LogP contribution >= 0.6 is 0 Å². The zero-order valence-corrected chi connectivity index (χ0v) is 18.9. The van der Waals surface area contributed by atoms with Gasteiger partial charge in [-0.1, -0.05) is 67.9 Å². The van der Waals surface area contributed by atoms with Crippen LogP contribution in [0.1, 0.15) is 56.9 Å². The summed E-state index contributed by atoms with van der Waals surface area (Å²) in [5.74, 6) is -3.21. The number of nitrogens with one attached hydrogen (secondary N) is 1. The van der Waals surface area contributed by atoms with Crippen molar-refractivity contribution in [2.24, 2.45) is 17.8 Å². The molecule has 4 rings (SSSR count). The van der Waals surface area contributed by atoms with Crippen LogP contribution in [0.3, 0.4) is 0 Å². The van der Waals surface area contributed by atoms with Gasteiger partial charge in [0, 0.05) is 17.4 Å². The Morgan fingerprint density at radius 1 is 0.970 bits per heavy atom. The van der Waals surface area contributed by atoms with Crippen LogP contribution in [0.5, 0.6) is 0 Å². The van der Waals surface area contributed by atoms with E-state index in [-0.39, 0.29) is 17.7 Å². The fourth-order valence-electron chi connectivity index (χ4n) is 5.33. The Kier molecular flexibility index (Phi) is 6.54. The molecule has 0 aromatic heterocycles. The minimum absolute atomic E-state index is 0.0481. The summed E-state index contributed by atoms with van der Waals surface area (Å²) in [5, 5.41) is 22.0. The predicted octanol–water partition coefficient (Wildman–Crippen LogP) is 4.70. The van der Waals surface area contributed by atoms with Crippen LogP contribution in [0.4, 0.5) is 0 Å². The molecule has 2 aliphatic carbocycles. The van der Waals surface area contributed by atoms with Gasteiger partial charge in [0.1, 0.15) is 0 Å². The molecule has 2 aromatic rings. The number of benzene rings is 2. The van der Waals surface area contributed by atoms with Crippen molar-refractivity contribution in [3.63, 3.8) is 0 Å². The number of carboxylic acids is 2. The van der Waals surface area contributed by atoms with Crippen molar-refractivity contribution in [2.75, 3.05) is 0 Å². The van der Waals surface area contributed by atoms with Crippen molar-refractivity contribution in [1.29, 1.82) is 0 Å². The number of carbonyl (C=O) groups excluding carboxylic acids is 1. The SMILES string of the molecule is C[C@H](CC1(NC(=O)[C@H]2CCC[C@@H](C(=O)O)C2)C[C@H]1c1ccc(-c2ccccc2)cc1)C(=O)O. The van der Waals surface area contributed by atoms with E-state index in [9.17, 15) is 24.6 Å². The van der Waals surface area contributed by atoms with E-state index in [4.69, 9.17) is 0 Å². The Morgan fingerprint density at radius 2 is 1.61 bits per heavy atom. The van der Waals surface area contributed by atoms with Gasteiger partial charge in [0.05, 0.1) is 11.8 Å². The molecule has 2 fully saturated rings. The number of hydrogen-bond acceptors (Lipinski definition) is 3. The average molecular weight is 450 g/mol. The molecule has 0 spiro atoms. The molecule has 5 atom stereocenters. The van der Waals surface area contributed by atoms with Crippen LogP contribution in [-0.4, -0.2) is 33.6 Å². The van der Waals surface area contributed by atoms with Crippen LogP contribution in [0.2, 0.25) is 0 Å². The van der Waals surface area contributed by atoms with Crippen LogP contribution in [0.15, 0.2) is 54.6 Å². The topological polar surface area (TPSA) is 104 Å². The minimum atomic E-state index is -0.877. The molecule has 2 aromatic carbocycles. The van der Waals surface area contributed by atoms with Crippen LogP contribution in [0, 0.1) is 17.8 Å². The van der Waals surface area contributed by atoms with Crippen molar-refractivity contribution in [3.8, 4) is 11.1 Å². The second kappa shape index (κ2) is 9.38. The van der Waals surface area contributed by atoms with E-state index < -0.39 is 29.3 Å². The maximum absolute atomic E-state index is 13.1. The highest BCUT2D eigenvalue weighted by Gasteiger charge is 2.57. The third-order valence-corrected chi connectivity index (χ3v) is 7.35. The zero-order valence-electron chi connectivity index (χ0n) is 18.9. The summed E-state index contributed by atoms with van der Waals surface area (Å²) >= 11 is 0. The molecule has 0 bridgehead atoms. The molecule has 6 nitrogen and oxygen atoms in total. The van der Waals surface area contributed by atoms with E-state index in [1.165, 1.54) is 0 Å². The van der Waals surface area contributed by atoms with Crippen molar-refractivity contribution < 1.29 is 24.6 Å². The highest BCUT2D eigenvalue weighted by Crippen LogP contribution is 2.55. The second-order valence-corrected chi connectivity index (χ2v) is 9.73. The molecular formula is C27H31NO5. The highest BCUT2D eigenvalue weighted by molar-refractivity contribution is 5.82. The van der Waals surface area contributed by atoms with Crippen LogP contribution in [-0.2, 0) is 14.4 Å². The second-order valence-electron chi connectivity index (χ2n) is 9.73. The molecule has 174 valence electrons. The van der Waals surface area contributed by atoms with Gasteiger partial charge in [0.2, 0.25) is 5.91 Å². The molecule has 0 saturated heterocycles. The third-order valence-electron chi connectivity index (χ3n) is 7.35. The normalized spacial score (nSPS) is 27.4. The van der Waals surface area contributed by atoms with Crippen molar-refractivity contribution in [2.45, 2.75) is 56.9 Å². The lowest BCUT2D eigenvalue weighted by atomic mass is 9.80. The fourth-order valence-corrected chi connectivity index (χ4v) is 5.33. The van der Waals surface area contributed by atoms with Crippen molar-refractivity contribution >= 4 is 17.8 Å². The van der Waals surface area contributed by atoms with Crippen LogP contribution in [0.25, 0.3) is 11.1 Å². The van der Waals surface area contributed by atoms with E-state index in [2.05, 4.69) is 41.7 Å². The summed E-state index contributed by atoms with van der Waals surface area (Å²) in [6.07, 6.45) is 3.40. The Balaban J connectivity index is 1.51. The summed E-state index contributed by atoms with van der Waals surface area (Å²) in [7, 11) is 0. The van der Waals surface area contributed by atoms with E-state index in [1.54, 1.807) is 6.92 Å². The maximum atomic E-state index is 13.1. The van der Waals surface area contributed by atoms with Gasteiger partial charge in [-0.3, -0.25) is 14.4 Å². The predicted molar refractivity (Wildman–Crippen MR) is 125 cm³/mol. The molecule has 33 heavy (non-hydrogen) atoms. The largest absolute Gasteiger partial charge is 0.481 e. The number of rotatable bonds is 8. The standard InChI is InChI=1S/C27H31NO5/c1-17(25(30)31)15-27(28-24(29)21-8-5-9-22(14-21)26(32)33)16-23(27)20-12-10-19(11-13-20)18-6-3-2-4-7-18/h2-4,6-7,10-13,17,21-23H,5,8-9,14-16H2,1H3,(H,28,29)(H,30,31)(H,32,33)/t17-,21+,22-,23+,27?/m1/s1. The molecule has 0 heterocycles. The Morgan fingerprint density at radius 3 is 2.24 bits per heavy atom. The number of hydrogen-bond donors (Lipinski definition) is 3. The monoisotopic (exact) mass is 449 g/mol. The quantitative estimate of drug-likeness (QED) is 0.542. The van der Waals surface area contributed by atoms with Gasteiger partial charge in [-0.2, -0.15) is 0 Å². The lowest BCUT2D eigenvalue weighted by Crippen LogP contribution is -2.45. The molecule has 0 aliphatic heterocycles. The van der Waals surface area contributed by atoms with Gasteiger partial charge in [0.25, 0.3) is 0 Å². The Hall–Kier alpha value is -3.15. The van der Waals surface area contributed by atoms with E-state index in [0.29, 0.717) is 32.1 Å². The molecular weight excluding hydrogens is 418 g/mol. The first-order valence-corrected chi connectivity index (χ1v) is 11.7. The highest BCUT2D eigenvalue weighted by atomic mass is 16.4. The lowest BCUT2D eigenvalue weighted by molar-refractivity contribution is -0.145. The molecule has 1 unspecified atom stereocenters. The van der Waals surface area contributed by atoms with E-state index >= 15 is 0 Å². The summed E-state index contributed by atoms with van der Waals surface area (Å²) in [6.45, 7) is 1.67. The van der Waals surface area contributed by atoms with Crippen LogP contribution < -0.4 is 5.32 Å². The minimum Gasteiger partial charge on any atom is -0.481 e. The van der Waals surface area contributed by atoms with E-state index in [1.807, 2.05) is 18.2 Å². The number of carbonyl (C=O) groups is 3. The van der Waals surface area contributed by atoms with Crippen molar-refractivity contribution in [3.05, 3.63) is 60.2 Å². The molecule has 2 aliphatic rings. The molecule has 6 heteroatoms. The summed E-state index contributed by atoms with van der Waals surface area (Å²) in [6, 6.07) is 18.3. The van der Waals surface area contributed by atoms with Gasteiger partial charge in [-0.05, 0) is 48.8 Å². The first-order chi connectivity index (χ1) is 15.8. The fraction of sp³-hybridized carbons (Fsp3) is 0.444. The smallest absolute Gasteiger partial charge is 0.306 e. The number of aliphatic carboxylic acids is 2. The van der Waals surface area contributed by atoms with Gasteiger partial charge < -0.3 is 15.5 Å². The number of carboxylic acid groups (broad SMARTS) is 2. The molecule has 2 saturated carbocycles. The molecule has 1 amide bonds. The van der Waals surface area contributed by atoms with Gasteiger partial charge in [0.15, 0.2) is 0 Å². The number of amides is 1. The maximum Gasteiger partial charge on any atom is 0.306 e. The van der Waals surface area contributed by atoms with E-state index in [0.717, 1.165) is 23.1 Å². The summed E-state index contributed by atoms with van der Waals surface area (Å²) in [4.78, 5) is 36.1. The van der Waals surface area contributed by atoms with Crippen molar-refractivity contribution in [1.82, 2.24) is 5.32 Å². The lowest BCUT2D eigenvalue weighted by Gasteiger charge is -2.29. The molecule has 3 N–H and O–H groups in total. The first kappa shape index (κ1) is 23.0. The Labute approximate surface area is 194 Å². The third kappa shape index (κ3) is 5.10.